The standard InChI is InChI=1S/C12H16N4OS/c1-3-6-16-11(4-5-13-16)15-12(17)7-10-8-18-9(2)14-10/h4-5,8H,3,6-7H2,1-2H3,(H,15,17). The van der Waals surface area contributed by atoms with Crippen LogP contribution in [-0.4, -0.2) is 20.7 Å². The summed E-state index contributed by atoms with van der Waals surface area (Å²) in [5, 5.41) is 9.91. The fraction of sp³-hybridized carbons (Fsp3) is 0.417. The summed E-state index contributed by atoms with van der Waals surface area (Å²) >= 11 is 1.56. The molecule has 0 fully saturated rings. The van der Waals surface area contributed by atoms with Crippen molar-refractivity contribution in [3.63, 3.8) is 0 Å². The van der Waals surface area contributed by atoms with Crippen LogP contribution in [0.3, 0.4) is 0 Å². The summed E-state index contributed by atoms with van der Waals surface area (Å²) in [6, 6.07) is 1.81. The molecule has 0 atom stereocenters. The van der Waals surface area contributed by atoms with Gasteiger partial charge in [-0.25, -0.2) is 9.67 Å². The Labute approximate surface area is 110 Å². The Kier molecular flexibility index (Phi) is 4.09. The number of nitrogens with zero attached hydrogens (tertiary/aromatic N) is 3. The summed E-state index contributed by atoms with van der Waals surface area (Å²) in [6.07, 6.45) is 2.98. The first-order chi connectivity index (χ1) is 8.69. The average Bonchev–Trinajstić information content (AvgIpc) is 2.90. The van der Waals surface area contributed by atoms with Crippen LogP contribution in [0, 0.1) is 6.92 Å². The van der Waals surface area contributed by atoms with Gasteiger partial charge in [-0.15, -0.1) is 11.3 Å². The molecule has 0 aliphatic carbocycles. The largest absolute Gasteiger partial charge is 0.311 e. The summed E-state index contributed by atoms with van der Waals surface area (Å²) < 4.78 is 1.80. The van der Waals surface area contributed by atoms with Crippen molar-refractivity contribution in [2.75, 3.05) is 5.32 Å². The summed E-state index contributed by atoms with van der Waals surface area (Å²) in [7, 11) is 0. The van der Waals surface area contributed by atoms with Crippen molar-refractivity contribution in [3.05, 3.63) is 28.3 Å². The number of anilines is 1. The van der Waals surface area contributed by atoms with Gasteiger partial charge in [-0.2, -0.15) is 5.10 Å². The van der Waals surface area contributed by atoms with E-state index in [1.807, 2.05) is 12.3 Å². The van der Waals surface area contributed by atoms with Gasteiger partial charge in [0, 0.05) is 18.0 Å². The van der Waals surface area contributed by atoms with E-state index in [1.165, 1.54) is 0 Å². The SMILES string of the molecule is CCCn1nccc1NC(=O)Cc1csc(C)n1. The molecule has 96 valence electrons. The van der Waals surface area contributed by atoms with Gasteiger partial charge in [-0.3, -0.25) is 4.79 Å². The number of aromatic nitrogens is 3. The number of carbonyl (C=O) groups is 1. The molecule has 0 radical (unpaired) electrons. The van der Waals surface area contributed by atoms with Gasteiger partial charge in [0.05, 0.1) is 23.3 Å². The fourth-order valence-corrected chi connectivity index (χ4v) is 2.28. The van der Waals surface area contributed by atoms with Gasteiger partial charge in [0.1, 0.15) is 5.82 Å². The highest BCUT2D eigenvalue weighted by Gasteiger charge is 2.09. The second-order valence-electron chi connectivity index (χ2n) is 4.02. The molecule has 18 heavy (non-hydrogen) atoms. The molecule has 0 unspecified atom stereocenters. The first-order valence-corrected chi connectivity index (χ1v) is 6.79. The van der Waals surface area contributed by atoms with Crippen molar-refractivity contribution in [2.24, 2.45) is 0 Å². The molecule has 2 rings (SSSR count). The molecule has 1 N–H and O–H groups in total. The molecule has 0 spiro atoms. The Morgan fingerprint density at radius 1 is 1.56 bits per heavy atom. The summed E-state index contributed by atoms with van der Waals surface area (Å²) in [5.74, 6) is 0.687. The second kappa shape index (κ2) is 5.77. The van der Waals surface area contributed by atoms with E-state index in [0.717, 1.165) is 29.5 Å². The number of nitrogens with one attached hydrogen (secondary N) is 1. The zero-order valence-corrected chi connectivity index (χ0v) is 11.3. The minimum absolute atomic E-state index is 0.0573. The van der Waals surface area contributed by atoms with Crippen LogP contribution in [0.25, 0.3) is 0 Å². The van der Waals surface area contributed by atoms with Gasteiger partial charge >= 0.3 is 0 Å². The number of carbonyl (C=O) groups excluding carboxylic acids is 1. The molecule has 2 heterocycles. The molecule has 0 bridgehead atoms. The number of hydrogen-bond acceptors (Lipinski definition) is 4. The molecule has 0 saturated carbocycles. The minimum Gasteiger partial charge on any atom is -0.311 e. The minimum atomic E-state index is -0.0573. The average molecular weight is 264 g/mol. The maximum Gasteiger partial charge on any atom is 0.231 e. The normalized spacial score (nSPS) is 10.6. The van der Waals surface area contributed by atoms with Gasteiger partial charge < -0.3 is 5.32 Å². The van der Waals surface area contributed by atoms with E-state index in [2.05, 4.69) is 22.3 Å². The third-order valence-electron chi connectivity index (χ3n) is 2.43. The number of aryl methyl sites for hydroxylation is 2. The van der Waals surface area contributed by atoms with Crippen LogP contribution in [0.5, 0.6) is 0 Å². The smallest absolute Gasteiger partial charge is 0.231 e. The Balaban J connectivity index is 1.96. The zero-order chi connectivity index (χ0) is 13.0. The summed E-state index contributed by atoms with van der Waals surface area (Å²) in [5.41, 5.74) is 0.816. The van der Waals surface area contributed by atoms with Gasteiger partial charge in [-0.1, -0.05) is 6.92 Å². The van der Waals surface area contributed by atoms with Gasteiger partial charge in [0.25, 0.3) is 0 Å². The molecule has 0 aromatic carbocycles. The number of amides is 1. The van der Waals surface area contributed by atoms with Crippen molar-refractivity contribution in [2.45, 2.75) is 33.2 Å². The summed E-state index contributed by atoms with van der Waals surface area (Å²) in [4.78, 5) is 16.1. The lowest BCUT2D eigenvalue weighted by atomic mass is 10.3. The van der Waals surface area contributed by atoms with Crippen molar-refractivity contribution in [1.82, 2.24) is 14.8 Å². The monoisotopic (exact) mass is 264 g/mol. The first-order valence-electron chi connectivity index (χ1n) is 5.91. The Bertz CT molecular complexity index is 532. The van der Waals surface area contributed by atoms with E-state index in [4.69, 9.17) is 0 Å². The van der Waals surface area contributed by atoms with E-state index >= 15 is 0 Å². The highest BCUT2D eigenvalue weighted by atomic mass is 32.1. The molecule has 2 aromatic rings. The van der Waals surface area contributed by atoms with Crippen molar-refractivity contribution in [3.8, 4) is 0 Å². The highest BCUT2D eigenvalue weighted by molar-refractivity contribution is 7.09. The van der Waals surface area contributed by atoms with E-state index in [0.29, 0.717) is 6.42 Å². The van der Waals surface area contributed by atoms with Crippen molar-refractivity contribution in [1.29, 1.82) is 0 Å². The van der Waals surface area contributed by atoms with Gasteiger partial charge in [0.15, 0.2) is 0 Å². The lowest BCUT2D eigenvalue weighted by Crippen LogP contribution is -2.17. The van der Waals surface area contributed by atoms with Crippen molar-refractivity contribution >= 4 is 23.1 Å². The molecule has 1 amide bonds. The molecule has 5 nitrogen and oxygen atoms in total. The quantitative estimate of drug-likeness (QED) is 0.901. The molecule has 2 aromatic heterocycles. The Hall–Kier alpha value is -1.69. The second-order valence-corrected chi connectivity index (χ2v) is 5.08. The zero-order valence-electron chi connectivity index (χ0n) is 10.5. The summed E-state index contributed by atoms with van der Waals surface area (Å²) in [6.45, 7) is 4.81. The molecule has 0 saturated heterocycles. The van der Waals surface area contributed by atoms with E-state index in [9.17, 15) is 4.79 Å². The molecule has 0 aliphatic rings. The van der Waals surface area contributed by atoms with Crippen molar-refractivity contribution < 1.29 is 4.79 Å². The third kappa shape index (κ3) is 3.16. The van der Waals surface area contributed by atoms with Crippen LogP contribution in [0.2, 0.25) is 0 Å². The van der Waals surface area contributed by atoms with Crippen LogP contribution in [0.1, 0.15) is 24.0 Å². The predicted molar refractivity (Wildman–Crippen MR) is 71.7 cm³/mol. The van der Waals surface area contributed by atoms with Gasteiger partial charge in [-0.05, 0) is 13.3 Å². The maximum absolute atomic E-state index is 11.9. The van der Waals surface area contributed by atoms with Gasteiger partial charge in [0.2, 0.25) is 5.91 Å². The van der Waals surface area contributed by atoms with Crippen LogP contribution < -0.4 is 5.32 Å². The van der Waals surface area contributed by atoms with Crippen LogP contribution in [-0.2, 0) is 17.8 Å². The third-order valence-corrected chi connectivity index (χ3v) is 3.25. The lowest BCUT2D eigenvalue weighted by Gasteiger charge is -2.07. The van der Waals surface area contributed by atoms with Crippen LogP contribution >= 0.6 is 11.3 Å². The van der Waals surface area contributed by atoms with Crippen LogP contribution in [0.15, 0.2) is 17.6 Å². The van der Waals surface area contributed by atoms with E-state index < -0.39 is 0 Å². The van der Waals surface area contributed by atoms with Crippen LogP contribution in [0.4, 0.5) is 5.82 Å². The number of hydrogen-bond donors (Lipinski definition) is 1. The molecular weight excluding hydrogens is 248 g/mol. The molecular formula is C12H16N4OS. The van der Waals surface area contributed by atoms with E-state index in [-0.39, 0.29) is 5.91 Å². The fourth-order valence-electron chi connectivity index (χ4n) is 1.67. The molecule has 6 heteroatoms. The number of rotatable bonds is 5. The topological polar surface area (TPSA) is 59.8 Å². The molecule has 0 aliphatic heterocycles. The predicted octanol–water partition coefficient (Wildman–Crippen LogP) is 2.24. The number of thiazole rings is 1. The first kappa shape index (κ1) is 12.8. The van der Waals surface area contributed by atoms with E-state index in [1.54, 1.807) is 28.3 Å². The highest BCUT2D eigenvalue weighted by Crippen LogP contribution is 2.11. The maximum atomic E-state index is 11.9. The lowest BCUT2D eigenvalue weighted by molar-refractivity contribution is -0.115. The Morgan fingerprint density at radius 2 is 2.39 bits per heavy atom. The Morgan fingerprint density at radius 3 is 3.06 bits per heavy atom.